The number of aromatic nitrogens is 3. The lowest BCUT2D eigenvalue weighted by Gasteiger charge is -2.38. The molecule has 5 nitrogen and oxygen atoms in total. The van der Waals surface area contributed by atoms with E-state index in [2.05, 4.69) is 15.4 Å². The summed E-state index contributed by atoms with van der Waals surface area (Å²) in [5, 5.41) is 7.07. The van der Waals surface area contributed by atoms with Gasteiger partial charge in [0.1, 0.15) is 6.04 Å². The molecule has 0 amide bonds. The van der Waals surface area contributed by atoms with Crippen LogP contribution < -0.4 is 5.32 Å². The number of anilines is 1. The third-order valence-electron chi connectivity index (χ3n) is 4.77. The monoisotopic (exact) mass is 396 g/mol. The maximum Gasteiger partial charge on any atom is 0.453 e. The molecule has 4 rings (SSSR count). The first-order valence-corrected chi connectivity index (χ1v) is 8.75. The van der Waals surface area contributed by atoms with Gasteiger partial charge in [-0.2, -0.15) is 18.2 Å². The summed E-state index contributed by atoms with van der Waals surface area (Å²) in [5.41, 5.74) is 1.37. The van der Waals surface area contributed by atoms with Crippen molar-refractivity contribution in [3.8, 4) is 0 Å². The minimum atomic E-state index is -4.68. The van der Waals surface area contributed by atoms with Crippen LogP contribution in [0.1, 0.15) is 44.1 Å². The van der Waals surface area contributed by atoms with E-state index in [1.807, 2.05) is 13.8 Å². The van der Waals surface area contributed by atoms with Crippen molar-refractivity contribution in [2.24, 2.45) is 5.41 Å². The highest BCUT2D eigenvalue weighted by Crippen LogP contribution is 2.46. The van der Waals surface area contributed by atoms with Crippen molar-refractivity contribution in [3.63, 3.8) is 0 Å². The van der Waals surface area contributed by atoms with Crippen LogP contribution in [-0.2, 0) is 11.0 Å². The molecule has 1 aromatic carbocycles. The van der Waals surface area contributed by atoms with Crippen LogP contribution in [0.4, 0.5) is 19.1 Å². The van der Waals surface area contributed by atoms with Crippen molar-refractivity contribution in [3.05, 3.63) is 51.9 Å². The summed E-state index contributed by atoms with van der Waals surface area (Å²) >= 11 is 5.94. The molecule has 1 N–H and O–H groups in total. The van der Waals surface area contributed by atoms with Gasteiger partial charge in [0.25, 0.3) is 5.82 Å². The first-order chi connectivity index (χ1) is 12.5. The van der Waals surface area contributed by atoms with Gasteiger partial charge in [-0.1, -0.05) is 37.6 Å². The Kier molecular flexibility index (Phi) is 3.89. The van der Waals surface area contributed by atoms with E-state index >= 15 is 0 Å². The maximum absolute atomic E-state index is 13.2. The zero-order valence-corrected chi connectivity index (χ0v) is 15.3. The second-order valence-electron chi connectivity index (χ2n) is 7.61. The lowest BCUT2D eigenvalue weighted by atomic mass is 9.73. The van der Waals surface area contributed by atoms with E-state index in [1.165, 1.54) is 0 Å². The first kappa shape index (κ1) is 18.0. The summed E-state index contributed by atoms with van der Waals surface area (Å²) in [7, 11) is 0. The Bertz CT molecular complexity index is 960. The number of halogens is 4. The van der Waals surface area contributed by atoms with E-state index in [0.29, 0.717) is 34.7 Å². The molecule has 1 aromatic heterocycles. The van der Waals surface area contributed by atoms with E-state index in [0.717, 1.165) is 4.68 Å². The summed E-state index contributed by atoms with van der Waals surface area (Å²) in [5.74, 6) is -1.37. The number of fused-ring (bicyclic) bond motifs is 1. The minimum absolute atomic E-state index is 0.0217. The standard InChI is InChI=1S/C18H16ClF3N4O/c1-17(2)7-11-13(12(27)8-17)14(9-3-5-10(19)6-4-9)26-16(23-11)24-15(25-26)18(20,21)22/h3-6,14H,7-8H2,1-2H3,(H,23,24,25)/t14-/m1/s1. The Morgan fingerprint density at radius 3 is 2.52 bits per heavy atom. The Balaban J connectivity index is 1.91. The van der Waals surface area contributed by atoms with Crippen LogP contribution in [0.15, 0.2) is 35.5 Å². The van der Waals surface area contributed by atoms with Gasteiger partial charge in [0.2, 0.25) is 5.95 Å². The van der Waals surface area contributed by atoms with Crippen molar-refractivity contribution in [2.45, 2.75) is 38.9 Å². The van der Waals surface area contributed by atoms with Crippen molar-refractivity contribution < 1.29 is 18.0 Å². The van der Waals surface area contributed by atoms with Gasteiger partial charge < -0.3 is 5.32 Å². The Hall–Kier alpha value is -2.35. The predicted octanol–water partition coefficient (Wildman–Crippen LogP) is 4.61. The SMILES string of the molecule is CC1(C)CC(=O)C2=C(C1)Nc1nc(C(F)(F)F)nn1[C@@H]2c1ccc(Cl)cc1. The van der Waals surface area contributed by atoms with Crippen LogP contribution in [0.25, 0.3) is 0 Å². The van der Waals surface area contributed by atoms with Crippen LogP contribution in [0, 0.1) is 5.41 Å². The lowest BCUT2D eigenvalue weighted by molar-refractivity contribution is -0.145. The number of benzene rings is 1. The molecular weight excluding hydrogens is 381 g/mol. The molecule has 142 valence electrons. The fraction of sp³-hybridized carbons (Fsp3) is 0.389. The van der Waals surface area contributed by atoms with Crippen LogP contribution in [0.3, 0.4) is 0 Å². The summed E-state index contributed by atoms with van der Waals surface area (Å²) in [6.45, 7) is 3.91. The van der Waals surface area contributed by atoms with Crippen molar-refractivity contribution in [2.75, 3.05) is 5.32 Å². The van der Waals surface area contributed by atoms with E-state index < -0.39 is 18.0 Å². The number of ketones is 1. The third kappa shape index (κ3) is 3.12. The molecule has 1 aliphatic heterocycles. The van der Waals surface area contributed by atoms with Crippen LogP contribution in [0.2, 0.25) is 5.02 Å². The lowest BCUT2D eigenvalue weighted by Crippen LogP contribution is -2.36. The fourth-order valence-electron chi connectivity index (χ4n) is 3.68. The zero-order chi connectivity index (χ0) is 19.6. The molecule has 0 spiro atoms. The van der Waals surface area contributed by atoms with Gasteiger partial charge in [-0.05, 0) is 29.5 Å². The Morgan fingerprint density at radius 1 is 1.22 bits per heavy atom. The second-order valence-corrected chi connectivity index (χ2v) is 8.05. The highest BCUT2D eigenvalue weighted by Gasteiger charge is 2.44. The molecule has 2 aliphatic rings. The van der Waals surface area contributed by atoms with Gasteiger partial charge in [0.15, 0.2) is 5.78 Å². The Labute approximate surface area is 158 Å². The molecule has 9 heteroatoms. The van der Waals surface area contributed by atoms with E-state index in [1.54, 1.807) is 24.3 Å². The number of nitrogens with zero attached hydrogens (tertiary/aromatic N) is 3. The average molecular weight is 397 g/mol. The normalized spacial score (nSPS) is 21.6. The number of carbonyl (C=O) groups is 1. The largest absolute Gasteiger partial charge is 0.453 e. The molecule has 0 saturated heterocycles. The van der Waals surface area contributed by atoms with Crippen LogP contribution >= 0.6 is 11.6 Å². The number of alkyl halides is 3. The maximum atomic E-state index is 13.2. The van der Waals surface area contributed by atoms with Gasteiger partial charge in [0.05, 0.1) is 0 Å². The number of nitrogens with one attached hydrogen (secondary N) is 1. The molecule has 0 fully saturated rings. The number of hydrogen-bond acceptors (Lipinski definition) is 4. The minimum Gasteiger partial charge on any atom is -0.328 e. The molecule has 27 heavy (non-hydrogen) atoms. The molecule has 1 aliphatic carbocycles. The molecule has 0 saturated carbocycles. The summed E-state index contributed by atoms with van der Waals surface area (Å²) in [6, 6.07) is 5.87. The van der Waals surface area contributed by atoms with Crippen LogP contribution in [0.5, 0.6) is 0 Å². The molecule has 2 heterocycles. The smallest absolute Gasteiger partial charge is 0.328 e. The number of allylic oxidation sites excluding steroid dienone is 2. The summed E-state index contributed by atoms with van der Waals surface area (Å²) < 4.78 is 40.6. The average Bonchev–Trinajstić information content (AvgIpc) is 2.96. The van der Waals surface area contributed by atoms with Crippen molar-refractivity contribution in [1.82, 2.24) is 14.8 Å². The first-order valence-electron chi connectivity index (χ1n) is 8.38. The molecule has 2 aromatic rings. The molecule has 1 atom stereocenters. The summed E-state index contributed by atoms with van der Waals surface area (Å²) in [6.07, 6.45) is -3.83. The highest BCUT2D eigenvalue weighted by molar-refractivity contribution is 6.30. The quantitative estimate of drug-likeness (QED) is 0.764. The van der Waals surface area contributed by atoms with Crippen molar-refractivity contribution in [1.29, 1.82) is 0 Å². The van der Waals surface area contributed by atoms with Crippen molar-refractivity contribution >= 4 is 23.3 Å². The topological polar surface area (TPSA) is 59.8 Å². The molecular formula is C18H16ClF3N4O. The summed E-state index contributed by atoms with van der Waals surface area (Å²) in [4.78, 5) is 16.5. The number of carbonyl (C=O) groups excluding carboxylic acids is 1. The molecule has 0 bridgehead atoms. The number of hydrogen-bond donors (Lipinski definition) is 1. The molecule has 0 unspecified atom stereocenters. The Morgan fingerprint density at radius 2 is 1.89 bits per heavy atom. The molecule has 0 radical (unpaired) electrons. The van der Waals surface area contributed by atoms with Gasteiger partial charge >= 0.3 is 6.18 Å². The van der Waals surface area contributed by atoms with Gasteiger partial charge in [-0.25, -0.2) is 4.68 Å². The highest BCUT2D eigenvalue weighted by atomic mass is 35.5. The fourth-order valence-corrected chi connectivity index (χ4v) is 3.81. The third-order valence-corrected chi connectivity index (χ3v) is 5.02. The van der Waals surface area contributed by atoms with Gasteiger partial charge in [0, 0.05) is 22.7 Å². The predicted molar refractivity (Wildman–Crippen MR) is 93.3 cm³/mol. The second kappa shape index (κ2) is 5.82. The van der Waals surface area contributed by atoms with E-state index in [-0.39, 0.29) is 17.1 Å². The van der Waals surface area contributed by atoms with Crippen LogP contribution in [-0.4, -0.2) is 20.5 Å². The van der Waals surface area contributed by atoms with Gasteiger partial charge in [-0.15, -0.1) is 5.10 Å². The van der Waals surface area contributed by atoms with Gasteiger partial charge in [-0.3, -0.25) is 4.79 Å². The zero-order valence-electron chi connectivity index (χ0n) is 14.6. The van der Waals surface area contributed by atoms with E-state index in [9.17, 15) is 18.0 Å². The number of Topliss-reactive ketones (excluding diaryl/α,β-unsaturated/α-hetero) is 1. The van der Waals surface area contributed by atoms with E-state index in [4.69, 9.17) is 11.6 Å². The number of rotatable bonds is 1.